The van der Waals surface area contributed by atoms with Crippen molar-refractivity contribution in [2.24, 2.45) is 0 Å². The predicted octanol–water partition coefficient (Wildman–Crippen LogP) is 3.19. The van der Waals surface area contributed by atoms with Gasteiger partial charge in [0.2, 0.25) is 5.91 Å². The van der Waals surface area contributed by atoms with E-state index in [1.165, 1.54) is 0 Å². The van der Waals surface area contributed by atoms with Gasteiger partial charge in [-0.15, -0.1) is 0 Å². The lowest BCUT2D eigenvalue weighted by Crippen LogP contribution is -2.23. The number of carbonyl (C=O) groups is 1. The third-order valence-electron chi connectivity index (χ3n) is 4.69. The van der Waals surface area contributed by atoms with Gasteiger partial charge in [-0.1, -0.05) is 18.5 Å². The summed E-state index contributed by atoms with van der Waals surface area (Å²) in [5.41, 5.74) is 11.4. The van der Waals surface area contributed by atoms with Crippen LogP contribution in [0.5, 0.6) is 0 Å². The summed E-state index contributed by atoms with van der Waals surface area (Å²) in [5, 5.41) is 4.10. The molecule has 6 heteroatoms. The number of nitrogen functional groups attached to an aromatic ring is 1. The number of fused-ring (bicyclic) bond motifs is 4. The Morgan fingerprint density at radius 2 is 2.05 bits per heavy atom. The molecule has 0 saturated heterocycles. The first-order valence-electron chi connectivity index (χ1n) is 7.66. The van der Waals surface area contributed by atoms with Crippen molar-refractivity contribution in [2.75, 3.05) is 11.1 Å². The standard InChI is InChI=1S/C16H17ClN4O/c1-7-6-10(22)20-14-11(7)15(17)21-16-12(14)13(18)8-4-2-3-5-9(8)19-16/h7H,2-6H2,1H3,(H,20,22)(H2,18,19,21). The van der Waals surface area contributed by atoms with Gasteiger partial charge < -0.3 is 11.1 Å². The van der Waals surface area contributed by atoms with Crippen molar-refractivity contribution >= 4 is 39.9 Å². The number of aryl methyl sites for hydroxylation is 1. The molecule has 0 spiro atoms. The van der Waals surface area contributed by atoms with Gasteiger partial charge in [-0.3, -0.25) is 4.79 Å². The monoisotopic (exact) mass is 316 g/mol. The molecule has 2 aliphatic rings. The number of hydrogen-bond acceptors (Lipinski definition) is 4. The number of amides is 1. The summed E-state index contributed by atoms with van der Waals surface area (Å²) in [6, 6.07) is 0. The van der Waals surface area contributed by atoms with Gasteiger partial charge in [0.05, 0.1) is 11.1 Å². The molecule has 1 unspecified atom stereocenters. The van der Waals surface area contributed by atoms with Crippen LogP contribution >= 0.6 is 11.6 Å². The van der Waals surface area contributed by atoms with Crippen molar-refractivity contribution in [1.29, 1.82) is 0 Å². The predicted molar refractivity (Wildman–Crippen MR) is 87.3 cm³/mol. The van der Waals surface area contributed by atoms with Gasteiger partial charge in [0.25, 0.3) is 0 Å². The summed E-state index contributed by atoms with van der Waals surface area (Å²) in [7, 11) is 0. The molecule has 0 saturated carbocycles. The van der Waals surface area contributed by atoms with Crippen LogP contribution in [0.4, 0.5) is 11.4 Å². The number of nitrogens with zero attached hydrogens (tertiary/aromatic N) is 2. The van der Waals surface area contributed by atoms with Crippen LogP contribution < -0.4 is 11.1 Å². The SMILES string of the molecule is CC1CC(=O)Nc2c1c(Cl)nc1nc3c(c(N)c21)CCCC3. The Morgan fingerprint density at radius 3 is 2.86 bits per heavy atom. The lowest BCUT2D eigenvalue weighted by molar-refractivity contribution is -0.116. The van der Waals surface area contributed by atoms with Gasteiger partial charge >= 0.3 is 0 Å². The lowest BCUT2D eigenvalue weighted by Gasteiger charge is -2.26. The first-order valence-corrected chi connectivity index (χ1v) is 8.04. The van der Waals surface area contributed by atoms with Crippen molar-refractivity contribution in [3.63, 3.8) is 0 Å². The summed E-state index contributed by atoms with van der Waals surface area (Å²) in [5.74, 6) is 0.0178. The van der Waals surface area contributed by atoms with Crippen LogP contribution in [-0.4, -0.2) is 15.9 Å². The highest BCUT2D eigenvalue weighted by atomic mass is 35.5. The van der Waals surface area contributed by atoms with Gasteiger partial charge in [-0.2, -0.15) is 0 Å². The van der Waals surface area contributed by atoms with Crippen LogP contribution in [0.3, 0.4) is 0 Å². The van der Waals surface area contributed by atoms with E-state index in [1.807, 2.05) is 6.92 Å². The Balaban J connectivity index is 2.10. The normalized spacial score (nSPS) is 20.5. The molecule has 0 bridgehead atoms. The van der Waals surface area contributed by atoms with Gasteiger partial charge in [0.15, 0.2) is 5.65 Å². The first-order chi connectivity index (χ1) is 10.6. The number of halogens is 1. The number of hydrogen-bond donors (Lipinski definition) is 2. The molecule has 2 aromatic rings. The van der Waals surface area contributed by atoms with Crippen molar-refractivity contribution in [3.05, 3.63) is 22.0 Å². The lowest BCUT2D eigenvalue weighted by atomic mass is 9.89. The minimum Gasteiger partial charge on any atom is -0.398 e. The number of pyridine rings is 2. The van der Waals surface area contributed by atoms with Gasteiger partial charge in [-0.25, -0.2) is 9.97 Å². The number of carbonyl (C=O) groups excluding carboxylic acids is 1. The molecule has 1 aliphatic carbocycles. The van der Waals surface area contributed by atoms with E-state index in [1.54, 1.807) is 0 Å². The molecule has 1 atom stereocenters. The van der Waals surface area contributed by atoms with E-state index in [0.717, 1.165) is 47.9 Å². The topological polar surface area (TPSA) is 80.9 Å². The molecular formula is C16H17ClN4O. The number of rotatable bonds is 0. The number of nitrogens with one attached hydrogen (secondary N) is 1. The Labute approximate surface area is 133 Å². The fourth-order valence-electron chi connectivity index (χ4n) is 3.63. The second-order valence-electron chi connectivity index (χ2n) is 6.20. The highest BCUT2D eigenvalue weighted by Crippen LogP contribution is 2.43. The van der Waals surface area contributed by atoms with Crippen LogP contribution in [0.1, 0.15) is 48.9 Å². The second-order valence-corrected chi connectivity index (χ2v) is 6.56. The largest absolute Gasteiger partial charge is 0.398 e. The maximum atomic E-state index is 12.0. The third kappa shape index (κ3) is 1.88. The molecule has 1 amide bonds. The highest BCUT2D eigenvalue weighted by molar-refractivity contribution is 6.32. The smallest absolute Gasteiger partial charge is 0.225 e. The summed E-state index contributed by atoms with van der Waals surface area (Å²) in [6.07, 6.45) is 4.52. The van der Waals surface area contributed by atoms with E-state index < -0.39 is 0 Å². The Hall–Kier alpha value is -1.88. The molecule has 3 heterocycles. The molecule has 114 valence electrons. The number of aromatic nitrogens is 2. The van der Waals surface area contributed by atoms with E-state index in [2.05, 4.69) is 15.3 Å². The maximum Gasteiger partial charge on any atom is 0.225 e. The average molecular weight is 317 g/mol. The summed E-state index contributed by atoms with van der Waals surface area (Å²) < 4.78 is 0. The van der Waals surface area contributed by atoms with Crippen molar-refractivity contribution in [2.45, 2.75) is 44.9 Å². The molecule has 1 aliphatic heterocycles. The first kappa shape index (κ1) is 13.8. The minimum atomic E-state index is -0.0133. The second kappa shape index (κ2) is 4.81. The molecule has 3 N–H and O–H groups in total. The molecule has 0 radical (unpaired) electrons. The zero-order valence-electron chi connectivity index (χ0n) is 12.4. The number of nitrogens with two attached hydrogens (primary N) is 1. The fraction of sp³-hybridized carbons (Fsp3) is 0.438. The van der Waals surface area contributed by atoms with Crippen LogP contribution in [0.25, 0.3) is 11.0 Å². The summed E-state index contributed by atoms with van der Waals surface area (Å²) in [4.78, 5) is 21.1. The molecule has 2 aromatic heterocycles. The van der Waals surface area contributed by atoms with Gasteiger partial charge in [0.1, 0.15) is 5.15 Å². The van der Waals surface area contributed by atoms with Crippen molar-refractivity contribution in [3.8, 4) is 0 Å². The minimum absolute atomic E-state index is 0.0133. The van der Waals surface area contributed by atoms with Gasteiger partial charge in [0, 0.05) is 23.4 Å². The van der Waals surface area contributed by atoms with Crippen LogP contribution in [0, 0.1) is 0 Å². The zero-order chi connectivity index (χ0) is 15.4. The summed E-state index contributed by atoms with van der Waals surface area (Å²) >= 11 is 6.36. The molecular weight excluding hydrogens is 300 g/mol. The maximum absolute atomic E-state index is 12.0. The molecule has 5 nitrogen and oxygen atoms in total. The van der Waals surface area contributed by atoms with E-state index in [-0.39, 0.29) is 11.8 Å². The number of anilines is 2. The quantitative estimate of drug-likeness (QED) is 0.731. The Morgan fingerprint density at radius 1 is 1.27 bits per heavy atom. The zero-order valence-corrected chi connectivity index (χ0v) is 13.1. The Kier molecular flexibility index (Phi) is 3.01. The average Bonchev–Trinajstić information content (AvgIpc) is 2.46. The van der Waals surface area contributed by atoms with E-state index in [9.17, 15) is 4.79 Å². The molecule has 0 fully saturated rings. The van der Waals surface area contributed by atoms with Crippen LogP contribution in [-0.2, 0) is 17.6 Å². The summed E-state index contributed by atoms with van der Waals surface area (Å²) in [6.45, 7) is 1.99. The third-order valence-corrected chi connectivity index (χ3v) is 4.98. The van der Waals surface area contributed by atoms with E-state index in [0.29, 0.717) is 28.6 Å². The van der Waals surface area contributed by atoms with Gasteiger partial charge in [-0.05, 0) is 37.2 Å². The van der Waals surface area contributed by atoms with Crippen LogP contribution in [0.2, 0.25) is 5.15 Å². The van der Waals surface area contributed by atoms with E-state index >= 15 is 0 Å². The molecule has 22 heavy (non-hydrogen) atoms. The highest BCUT2D eigenvalue weighted by Gasteiger charge is 2.29. The van der Waals surface area contributed by atoms with Crippen molar-refractivity contribution in [1.82, 2.24) is 9.97 Å². The van der Waals surface area contributed by atoms with Crippen LogP contribution in [0.15, 0.2) is 0 Å². The Bertz CT molecular complexity index is 818. The van der Waals surface area contributed by atoms with E-state index in [4.69, 9.17) is 17.3 Å². The molecule has 4 rings (SSSR count). The molecule has 0 aromatic carbocycles. The van der Waals surface area contributed by atoms with Crippen molar-refractivity contribution < 1.29 is 4.79 Å². The fourth-order valence-corrected chi connectivity index (χ4v) is 3.99.